The van der Waals surface area contributed by atoms with Crippen LogP contribution in [0.5, 0.6) is 5.75 Å². The molecule has 4 nitrogen and oxygen atoms in total. The summed E-state index contributed by atoms with van der Waals surface area (Å²) in [6, 6.07) is 8.26. The molecule has 3 aromatic rings. The molecular formula is C15H12ClFN2O2. The van der Waals surface area contributed by atoms with Gasteiger partial charge in [-0.1, -0.05) is 11.6 Å². The minimum absolute atomic E-state index is 0.198. The molecule has 0 aliphatic carbocycles. The van der Waals surface area contributed by atoms with Crippen molar-refractivity contribution in [1.82, 2.24) is 9.78 Å². The standard InChI is InChI=1S/C15H12ClFN2O2/c16-12-9-18-19(10-12)5-7-21-15-4-3-11(8-13(15)17)14-2-1-6-20-14/h1-4,6,8-10H,5,7H2. The van der Waals surface area contributed by atoms with Crippen molar-refractivity contribution in [3.05, 3.63) is 59.8 Å². The lowest BCUT2D eigenvalue weighted by molar-refractivity contribution is 0.278. The van der Waals surface area contributed by atoms with Gasteiger partial charge in [-0.15, -0.1) is 0 Å². The van der Waals surface area contributed by atoms with Crippen LogP contribution in [0.2, 0.25) is 5.02 Å². The minimum atomic E-state index is -0.428. The summed E-state index contributed by atoms with van der Waals surface area (Å²) in [5.74, 6) is 0.387. The molecule has 0 N–H and O–H groups in total. The van der Waals surface area contributed by atoms with Crippen LogP contribution in [0.3, 0.4) is 0 Å². The van der Waals surface area contributed by atoms with E-state index in [0.29, 0.717) is 29.5 Å². The van der Waals surface area contributed by atoms with Crippen molar-refractivity contribution in [2.24, 2.45) is 0 Å². The van der Waals surface area contributed by atoms with E-state index >= 15 is 0 Å². The van der Waals surface area contributed by atoms with E-state index in [1.165, 1.54) is 6.07 Å². The van der Waals surface area contributed by atoms with Gasteiger partial charge in [0.1, 0.15) is 12.4 Å². The minimum Gasteiger partial charge on any atom is -0.489 e. The first-order valence-corrected chi connectivity index (χ1v) is 6.74. The molecule has 0 saturated heterocycles. The van der Waals surface area contributed by atoms with Gasteiger partial charge in [0.25, 0.3) is 0 Å². The van der Waals surface area contributed by atoms with Gasteiger partial charge in [-0.3, -0.25) is 4.68 Å². The van der Waals surface area contributed by atoms with E-state index in [1.807, 2.05) is 0 Å². The molecule has 0 aliphatic heterocycles. The van der Waals surface area contributed by atoms with E-state index in [4.69, 9.17) is 20.8 Å². The Balaban J connectivity index is 1.63. The largest absolute Gasteiger partial charge is 0.489 e. The lowest BCUT2D eigenvalue weighted by Crippen LogP contribution is -2.09. The van der Waals surface area contributed by atoms with E-state index in [0.717, 1.165) is 0 Å². The third-order valence-electron chi connectivity index (χ3n) is 2.92. The molecule has 2 aromatic heterocycles. The molecule has 1 aromatic carbocycles. The Morgan fingerprint density at radius 3 is 2.90 bits per heavy atom. The highest BCUT2D eigenvalue weighted by molar-refractivity contribution is 6.30. The quantitative estimate of drug-likeness (QED) is 0.715. The van der Waals surface area contributed by atoms with E-state index in [9.17, 15) is 4.39 Å². The summed E-state index contributed by atoms with van der Waals surface area (Å²) in [6.07, 6.45) is 4.77. The number of nitrogens with zero attached hydrogens (tertiary/aromatic N) is 2. The number of rotatable bonds is 5. The molecule has 0 aliphatic rings. The Morgan fingerprint density at radius 2 is 2.24 bits per heavy atom. The van der Waals surface area contributed by atoms with Gasteiger partial charge in [-0.2, -0.15) is 5.10 Å². The van der Waals surface area contributed by atoms with Crippen LogP contribution in [0.4, 0.5) is 4.39 Å². The van der Waals surface area contributed by atoms with Gasteiger partial charge in [0, 0.05) is 11.8 Å². The molecule has 0 amide bonds. The van der Waals surface area contributed by atoms with Gasteiger partial charge in [0.05, 0.1) is 24.0 Å². The van der Waals surface area contributed by atoms with Crippen LogP contribution < -0.4 is 4.74 Å². The SMILES string of the molecule is Fc1cc(-c2ccco2)ccc1OCCn1cc(Cl)cn1. The van der Waals surface area contributed by atoms with Crippen molar-refractivity contribution in [2.75, 3.05) is 6.61 Å². The maximum Gasteiger partial charge on any atom is 0.165 e. The highest BCUT2D eigenvalue weighted by atomic mass is 35.5. The highest BCUT2D eigenvalue weighted by Crippen LogP contribution is 2.25. The molecule has 2 heterocycles. The predicted molar refractivity (Wildman–Crippen MR) is 76.8 cm³/mol. The number of hydrogen-bond acceptors (Lipinski definition) is 3. The summed E-state index contributed by atoms with van der Waals surface area (Å²) in [5.41, 5.74) is 0.670. The fraction of sp³-hybridized carbons (Fsp3) is 0.133. The van der Waals surface area contributed by atoms with Crippen LogP contribution in [-0.4, -0.2) is 16.4 Å². The molecule has 0 bridgehead atoms. The molecule has 3 rings (SSSR count). The zero-order valence-electron chi connectivity index (χ0n) is 11.0. The number of furan rings is 1. The number of halogens is 2. The molecule has 0 atom stereocenters. The van der Waals surface area contributed by atoms with Gasteiger partial charge in [0.2, 0.25) is 0 Å². The van der Waals surface area contributed by atoms with Gasteiger partial charge >= 0.3 is 0 Å². The number of hydrogen-bond donors (Lipinski definition) is 0. The summed E-state index contributed by atoms with van der Waals surface area (Å²) >= 11 is 5.75. The van der Waals surface area contributed by atoms with Gasteiger partial charge < -0.3 is 9.15 Å². The van der Waals surface area contributed by atoms with Crippen LogP contribution in [0, 0.1) is 5.82 Å². The van der Waals surface area contributed by atoms with Crippen molar-refractivity contribution in [1.29, 1.82) is 0 Å². The average Bonchev–Trinajstić information content (AvgIpc) is 3.12. The second-order valence-electron chi connectivity index (χ2n) is 4.39. The number of ether oxygens (including phenoxy) is 1. The molecule has 108 valence electrons. The normalized spacial score (nSPS) is 10.8. The smallest absolute Gasteiger partial charge is 0.165 e. The van der Waals surface area contributed by atoms with Gasteiger partial charge in [0.15, 0.2) is 11.6 Å². The van der Waals surface area contributed by atoms with Crippen molar-refractivity contribution < 1.29 is 13.5 Å². The molecule has 6 heteroatoms. The van der Waals surface area contributed by atoms with E-state index < -0.39 is 5.82 Å². The van der Waals surface area contributed by atoms with E-state index in [2.05, 4.69) is 5.10 Å². The topological polar surface area (TPSA) is 40.2 Å². The van der Waals surface area contributed by atoms with Crippen molar-refractivity contribution in [2.45, 2.75) is 6.54 Å². The predicted octanol–water partition coefficient (Wildman–Crippen LogP) is 4.01. The molecule has 0 saturated carbocycles. The molecular weight excluding hydrogens is 295 g/mol. The monoisotopic (exact) mass is 306 g/mol. The lowest BCUT2D eigenvalue weighted by Gasteiger charge is -2.08. The van der Waals surface area contributed by atoms with Crippen LogP contribution in [0.15, 0.2) is 53.4 Å². The number of aromatic nitrogens is 2. The van der Waals surface area contributed by atoms with Gasteiger partial charge in [-0.25, -0.2) is 4.39 Å². The molecule has 0 radical (unpaired) electrons. The van der Waals surface area contributed by atoms with Crippen LogP contribution >= 0.6 is 11.6 Å². The van der Waals surface area contributed by atoms with E-state index in [-0.39, 0.29) is 5.75 Å². The van der Waals surface area contributed by atoms with Crippen LogP contribution in [0.1, 0.15) is 0 Å². The van der Waals surface area contributed by atoms with Crippen LogP contribution in [0.25, 0.3) is 11.3 Å². The summed E-state index contributed by atoms with van der Waals surface area (Å²) in [7, 11) is 0. The maximum absolute atomic E-state index is 14.0. The Labute approximate surface area is 125 Å². The Hall–Kier alpha value is -2.27. The summed E-state index contributed by atoms with van der Waals surface area (Å²) < 4.78 is 26.2. The average molecular weight is 307 g/mol. The van der Waals surface area contributed by atoms with E-state index in [1.54, 1.807) is 47.6 Å². The summed E-state index contributed by atoms with van der Waals surface area (Å²) in [4.78, 5) is 0. The highest BCUT2D eigenvalue weighted by Gasteiger charge is 2.08. The Kier molecular flexibility index (Phi) is 3.92. The first kappa shape index (κ1) is 13.7. The fourth-order valence-corrected chi connectivity index (χ4v) is 2.08. The third-order valence-corrected chi connectivity index (χ3v) is 3.11. The Morgan fingerprint density at radius 1 is 1.33 bits per heavy atom. The maximum atomic E-state index is 14.0. The molecule has 0 fully saturated rings. The summed E-state index contributed by atoms with van der Waals surface area (Å²) in [6.45, 7) is 0.793. The zero-order valence-corrected chi connectivity index (χ0v) is 11.8. The van der Waals surface area contributed by atoms with Gasteiger partial charge in [-0.05, 0) is 30.3 Å². The molecule has 0 spiro atoms. The molecule has 21 heavy (non-hydrogen) atoms. The van der Waals surface area contributed by atoms with Crippen molar-refractivity contribution >= 4 is 11.6 Å². The first-order valence-electron chi connectivity index (χ1n) is 6.36. The first-order chi connectivity index (χ1) is 10.2. The fourth-order valence-electron chi connectivity index (χ4n) is 1.92. The molecule has 0 unspecified atom stereocenters. The number of benzene rings is 1. The summed E-state index contributed by atoms with van der Waals surface area (Å²) in [5, 5.41) is 4.58. The lowest BCUT2D eigenvalue weighted by atomic mass is 10.1. The van der Waals surface area contributed by atoms with Crippen LogP contribution in [-0.2, 0) is 6.54 Å². The Bertz CT molecular complexity index is 725. The second kappa shape index (κ2) is 6.01. The zero-order chi connectivity index (χ0) is 14.7. The van der Waals surface area contributed by atoms with Crippen molar-refractivity contribution in [3.8, 4) is 17.1 Å². The second-order valence-corrected chi connectivity index (χ2v) is 4.83. The van der Waals surface area contributed by atoms with Crippen molar-refractivity contribution in [3.63, 3.8) is 0 Å². The third kappa shape index (κ3) is 3.25.